The molecule has 0 fully saturated rings. The average Bonchev–Trinajstić information content (AvgIpc) is 3.95. The molecule has 2 unspecified atom stereocenters. The Balaban J connectivity index is 1.16. The summed E-state index contributed by atoms with van der Waals surface area (Å²) in [5.41, 5.74) is 16.6. The summed E-state index contributed by atoms with van der Waals surface area (Å²) in [5.74, 6) is 0. The lowest BCUT2D eigenvalue weighted by Crippen LogP contribution is -2.18. The molecular formula is C46H36N4S2. The van der Waals surface area contributed by atoms with Gasteiger partial charge in [0, 0.05) is 35.9 Å². The highest BCUT2D eigenvalue weighted by molar-refractivity contribution is 8.03. The molecule has 6 heteroatoms. The number of benzene rings is 6. The minimum absolute atomic E-state index is 0.128. The van der Waals surface area contributed by atoms with Gasteiger partial charge in [-0.05, 0) is 95.1 Å². The zero-order valence-electron chi connectivity index (χ0n) is 28.4. The summed E-state index contributed by atoms with van der Waals surface area (Å²) in [5, 5.41) is 18.6. The van der Waals surface area contributed by atoms with E-state index in [1.54, 1.807) is 29.7 Å². The fourth-order valence-corrected chi connectivity index (χ4v) is 8.98. The number of thioether (sulfide) groups is 2. The van der Waals surface area contributed by atoms with Gasteiger partial charge in [0.1, 0.15) is 10.7 Å². The van der Waals surface area contributed by atoms with Crippen molar-refractivity contribution in [2.45, 2.75) is 17.2 Å². The Morgan fingerprint density at radius 1 is 0.673 bits per heavy atom. The monoisotopic (exact) mass is 708 g/mol. The van der Waals surface area contributed by atoms with E-state index in [1.807, 2.05) is 18.6 Å². The zero-order chi connectivity index (χ0) is 34.9. The van der Waals surface area contributed by atoms with E-state index < -0.39 is 0 Å². The summed E-state index contributed by atoms with van der Waals surface area (Å²) in [6.07, 6.45) is 12.9. The number of hydrogen-bond donors (Lipinski definition) is 3. The summed E-state index contributed by atoms with van der Waals surface area (Å²) in [6.45, 7) is 0. The molecule has 252 valence electrons. The number of rotatable bonds is 8. The summed E-state index contributed by atoms with van der Waals surface area (Å²) < 4.78 is 0. The van der Waals surface area contributed by atoms with Crippen LogP contribution in [0.4, 0.5) is 0 Å². The van der Waals surface area contributed by atoms with Crippen molar-refractivity contribution in [2.75, 3.05) is 0 Å². The molecule has 2 aliphatic rings. The van der Waals surface area contributed by atoms with Crippen molar-refractivity contribution in [1.29, 1.82) is 0 Å². The number of pyridine rings is 1. The van der Waals surface area contributed by atoms with E-state index in [0.29, 0.717) is 0 Å². The summed E-state index contributed by atoms with van der Waals surface area (Å²) in [4.78, 5) is 5.07. The topological polar surface area (TPSA) is 63.0 Å². The van der Waals surface area contributed by atoms with Crippen LogP contribution in [0.15, 0.2) is 175 Å². The van der Waals surface area contributed by atoms with Crippen LogP contribution in [0.1, 0.15) is 16.5 Å². The molecule has 0 amide bonds. The predicted molar refractivity (Wildman–Crippen MR) is 224 cm³/mol. The van der Waals surface area contributed by atoms with Gasteiger partial charge in [-0.3, -0.25) is 4.98 Å². The highest BCUT2D eigenvalue weighted by atomic mass is 32.2. The van der Waals surface area contributed by atoms with Gasteiger partial charge < -0.3 is 16.4 Å². The Hall–Kier alpha value is -5.69. The summed E-state index contributed by atoms with van der Waals surface area (Å²) in [6, 6.07) is 44.2. The van der Waals surface area contributed by atoms with Gasteiger partial charge in [-0.2, -0.15) is 0 Å². The Labute approximate surface area is 312 Å². The van der Waals surface area contributed by atoms with Gasteiger partial charge in [0.05, 0.1) is 5.69 Å². The van der Waals surface area contributed by atoms with E-state index in [1.165, 1.54) is 60.1 Å². The molecule has 2 aliphatic heterocycles. The molecule has 0 saturated carbocycles. The van der Waals surface area contributed by atoms with Gasteiger partial charge in [-0.1, -0.05) is 121 Å². The zero-order valence-corrected chi connectivity index (χ0v) is 30.0. The fraction of sp³-hybridized carbons (Fsp3) is 0.0652. The molecule has 3 heterocycles. The first kappa shape index (κ1) is 32.2. The fourth-order valence-electron chi connectivity index (χ4n) is 7.43. The third kappa shape index (κ3) is 6.04. The number of nitrogens with two attached hydrogens (primary N) is 1. The third-order valence-electron chi connectivity index (χ3n) is 9.99. The maximum absolute atomic E-state index is 6.10. The number of nitrogens with one attached hydrogen (secondary N) is 2. The Morgan fingerprint density at radius 3 is 2.17 bits per heavy atom. The van der Waals surface area contributed by atoms with E-state index in [2.05, 4.69) is 155 Å². The lowest BCUT2D eigenvalue weighted by Gasteiger charge is -2.18. The van der Waals surface area contributed by atoms with E-state index in [4.69, 9.17) is 10.7 Å². The first-order valence-corrected chi connectivity index (χ1v) is 19.4. The lowest BCUT2D eigenvalue weighted by atomic mass is 9.87. The van der Waals surface area contributed by atoms with Crippen LogP contribution in [0.2, 0.25) is 0 Å². The van der Waals surface area contributed by atoms with Crippen LogP contribution >= 0.6 is 23.5 Å². The van der Waals surface area contributed by atoms with Crippen molar-refractivity contribution in [3.05, 3.63) is 186 Å². The number of allylic oxidation sites excluding steroid dienone is 1. The van der Waals surface area contributed by atoms with Gasteiger partial charge in [0.25, 0.3) is 0 Å². The molecule has 2 atom stereocenters. The van der Waals surface area contributed by atoms with Crippen molar-refractivity contribution >= 4 is 55.8 Å². The molecule has 0 aliphatic carbocycles. The molecule has 4 N–H and O–H groups in total. The number of nitrogens with zero attached hydrogens (tertiary/aromatic N) is 1. The molecule has 0 radical (unpaired) electrons. The minimum Gasteiger partial charge on any atom is -0.404 e. The van der Waals surface area contributed by atoms with E-state index in [-0.39, 0.29) is 10.7 Å². The molecule has 1 aromatic heterocycles. The van der Waals surface area contributed by atoms with Crippen LogP contribution in [-0.2, 0) is 6.42 Å². The summed E-state index contributed by atoms with van der Waals surface area (Å²) in [7, 11) is 0. The predicted octanol–water partition coefficient (Wildman–Crippen LogP) is 11.4. The minimum atomic E-state index is 0.128. The molecule has 7 aromatic rings. The molecule has 52 heavy (non-hydrogen) atoms. The van der Waals surface area contributed by atoms with Crippen molar-refractivity contribution < 1.29 is 0 Å². The van der Waals surface area contributed by atoms with Crippen LogP contribution in [0, 0.1) is 0 Å². The number of hydrogen-bond acceptors (Lipinski definition) is 6. The van der Waals surface area contributed by atoms with Gasteiger partial charge in [-0.15, -0.1) is 23.5 Å². The summed E-state index contributed by atoms with van der Waals surface area (Å²) >= 11 is 3.49. The SMILES string of the molecule is N/C=C(\C=C/Cc1c2ccccc2c(-c2ccc(C3NC=CS3)cn2)c2ccc(-c3ccc(-c4cccc5ccccc45)cc3)cc12)C1NC=CS1. The van der Waals surface area contributed by atoms with E-state index >= 15 is 0 Å². The van der Waals surface area contributed by atoms with Crippen LogP contribution in [-0.4, -0.2) is 10.4 Å². The smallest absolute Gasteiger partial charge is 0.103 e. The van der Waals surface area contributed by atoms with Crippen LogP contribution in [0.25, 0.3) is 65.8 Å². The average molecular weight is 709 g/mol. The molecule has 0 saturated heterocycles. The first-order valence-electron chi connectivity index (χ1n) is 17.5. The maximum Gasteiger partial charge on any atom is 0.103 e. The maximum atomic E-state index is 6.10. The second kappa shape index (κ2) is 14.1. The second-order valence-electron chi connectivity index (χ2n) is 13.0. The standard InChI is InChI=1S/C46H36N4S2/c47-28-34(45-48-23-25-51-45)9-6-14-39-38-11-3-4-12-40(38)44(43-22-20-35(29-50-43)46-49-24-26-52-46)41-21-19-33(27-42(39)41)30-15-17-32(18-16-30)37-13-5-8-31-7-1-2-10-36(31)37/h1-13,15-29,45-46,48-49H,14,47H2/b9-6-,34-28+. The number of fused-ring (bicyclic) bond motifs is 3. The van der Waals surface area contributed by atoms with Gasteiger partial charge in [0.15, 0.2) is 0 Å². The van der Waals surface area contributed by atoms with Crippen molar-refractivity contribution in [3.63, 3.8) is 0 Å². The van der Waals surface area contributed by atoms with Crippen molar-refractivity contribution in [2.24, 2.45) is 5.73 Å². The van der Waals surface area contributed by atoms with E-state index in [0.717, 1.165) is 28.8 Å². The molecule has 6 aromatic carbocycles. The number of aromatic nitrogens is 1. The second-order valence-corrected chi connectivity index (χ2v) is 15.0. The normalized spacial score (nSPS) is 17.0. The molecule has 9 rings (SSSR count). The quantitative estimate of drug-likeness (QED) is 0.108. The third-order valence-corrected chi connectivity index (χ3v) is 11.9. The first-order chi connectivity index (χ1) is 25.7. The van der Waals surface area contributed by atoms with Crippen LogP contribution < -0.4 is 16.4 Å². The molecule has 4 nitrogen and oxygen atoms in total. The van der Waals surface area contributed by atoms with Crippen molar-refractivity contribution in [1.82, 2.24) is 15.6 Å². The largest absolute Gasteiger partial charge is 0.404 e. The van der Waals surface area contributed by atoms with Gasteiger partial charge >= 0.3 is 0 Å². The Kier molecular flexibility index (Phi) is 8.77. The molecule has 0 bridgehead atoms. The van der Waals surface area contributed by atoms with Crippen molar-refractivity contribution in [3.8, 4) is 33.5 Å². The highest BCUT2D eigenvalue weighted by Gasteiger charge is 2.19. The molecule has 0 spiro atoms. The Morgan fingerprint density at radius 2 is 1.40 bits per heavy atom. The van der Waals surface area contributed by atoms with Gasteiger partial charge in [-0.25, -0.2) is 0 Å². The highest BCUT2D eigenvalue weighted by Crippen LogP contribution is 2.42. The lowest BCUT2D eigenvalue weighted by molar-refractivity contribution is 0.856. The van der Waals surface area contributed by atoms with Gasteiger partial charge in [0.2, 0.25) is 0 Å². The molecular weight excluding hydrogens is 673 g/mol. The van der Waals surface area contributed by atoms with E-state index in [9.17, 15) is 0 Å². The van der Waals surface area contributed by atoms with Crippen LogP contribution in [0.5, 0.6) is 0 Å². The van der Waals surface area contributed by atoms with Crippen LogP contribution in [0.3, 0.4) is 0 Å². The Bertz CT molecular complexity index is 2550.